The fraction of sp³-hybridized carbons (Fsp3) is 0.833. The lowest BCUT2D eigenvalue weighted by atomic mass is 9.65. The number of aliphatic hydroxyl groups is 1. The van der Waals surface area contributed by atoms with Gasteiger partial charge in [0.25, 0.3) is 0 Å². The molecular formula is C12H18O. The van der Waals surface area contributed by atoms with Crippen LogP contribution in [-0.4, -0.2) is 10.7 Å². The highest BCUT2D eigenvalue weighted by Crippen LogP contribution is 2.69. The molecular weight excluding hydrogens is 160 g/mol. The van der Waals surface area contributed by atoms with Gasteiger partial charge < -0.3 is 5.11 Å². The number of hydrogen-bond acceptors (Lipinski definition) is 1. The van der Waals surface area contributed by atoms with Gasteiger partial charge >= 0.3 is 0 Å². The Balaban J connectivity index is 2.51. The molecule has 0 unspecified atom stereocenters. The fourth-order valence-corrected chi connectivity index (χ4v) is 3.49. The van der Waals surface area contributed by atoms with E-state index in [1.54, 1.807) is 0 Å². The number of rotatable bonds is 0. The Hall–Kier alpha value is -0.480. The topological polar surface area (TPSA) is 20.2 Å². The molecule has 0 spiro atoms. The Morgan fingerprint density at radius 1 is 1.38 bits per heavy atom. The Bertz CT molecular complexity index is 286. The van der Waals surface area contributed by atoms with E-state index in [9.17, 15) is 5.11 Å². The molecule has 1 heteroatoms. The van der Waals surface area contributed by atoms with E-state index >= 15 is 0 Å². The summed E-state index contributed by atoms with van der Waals surface area (Å²) < 4.78 is 0. The molecule has 2 bridgehead atoms. The van der Waals surface area contributed by atoms with Crippen LogP contribution in [0.4, 0.5) is 0 Å². The lowest BCUT2D eigenvalue weighted by Gasteiger charge is -2.42. The van der Waals surface area contributed by atoms with Crippen LogP contribution in [0.2, 0.25) is 0 Å². The highest BCUT2D eigenvalue weighted by Gasteiger charge is 2.67. The minimum Gasteiger partial charge on any atom is -0.377 e. The van der Waals surface area contributed by atoms with Gasteiger partial charge in [-0.05, 0) is 30.6 Å². The van der Waals surface area contributed by atoms with E-state index in [1.807, 2.05) is 0 Å². The molecule has 72 valence electrons. The third kappa shape index (κ3) is 0.742. The second-order valence-electron chi connectivity index (χ2n) is 5.50. The van der Waals surface area contributed by atoms with E-state index < -0.39 is 5.60 Å². The standard InChI is InChI=1S/C12H18O/c1-5-12(13)8-9-6-7-11(12,4)10(9,2)3/h1,9,13H,6-8H2,2-4H3/t9-,11-,12+/m0/s1. The van der Waals surface area contributed by atoms with E-state index in [1.165, 1.54) is 6.42 Å². The van der Waals surface area contributed by atoms with Crippen LogP contribution in [-0.2, 0) is 0 Å². The predicted molar refractivity (Wildman–Crippen MR) is 53.0 cm³/mol. The van der Waals surface area contributed by atoms with Gasteiger partial charge in [-0.15, -0.1) is 6.42 Å². The smallest absolute Gasteiger partial charge is 0.131 e. The van der Waals surface area contributed by atoms with Crippen LogP contribution in [0.15, 0.2) is 0 Å². The minimum absolute atomic E-state index is 0.0700. The van der Waals surface area contributed by atoms with Crippen LogP contribution in [0.25, 0.3) is 0 Å². The first kappa shape index (κ1) is 9.09. The summed E-state index contributed by atoms with van der Waals surface area (Å²) in [5, 5.41) is 10.3. The van der Waals surface area contributed by atoms with Crippen molar-refractivity contribution in [3.8, 4) is 12.3 Å². The van der Waals surface area contributed by atoms with Gasteiger partial charge in [-0.3, -0.25) is 0 Å². The SMILES string of the molecule is C#C[C@@]1(O)C[C@@H]2CC[C@@]1(C)C2(C)C. The van der Waals surface area contributed by atoms with Crippen molar-refractivity contribution in [2.75, 3.05) is 0 Å². The highest BCUT2D eigenvalue weighted by atomic mass is 16.3. The van der Waals surface area contributed by atoms with Gasteiger partial charge in [0.1, 0.15) is 5.60 Å². The first-order chi connectivity index (χ1) is 5.87. The summed E-state index contributed by atoms with van der Waals surface area (Å²) in [6.45, 7) is 6.65. The Kier molecular flexibility index (Phi) is 1.48. The average Bonchev–Trinajstić information content (AvgIpc) is 2.36. The van der Waals surface area contributed by atoms with Gasteiger partial charge in [0, 0.05) is 5.41 Å². The molecule has 13 heavy (non-hydrogen) atoms. The molecule has 2 rings (SSSR count). The van der Waals surface area contributed by atoms with Crippen molar-refractivity contribution >= 4 is 0 Å². The zero-order valence-corrected chi connectivity index (χ0v) is 8.72. The summed E-state index contributed by atoms with van der Waals surface area (Å²) in [5.74, 6) is 3.23. The molecule has 1 nitrogen and oxygen atoms in total. The maximum atomic E-state index is 10.3. The first-order valence-corrected chi connectivity index (χ1v) is 5.07. The monoisotopic (exact) mass is 178 g/mol. The minimum atomic E-state index is -0.848. The van der Waals surface area contributed by atoms with Crippen LogP contribution >= 0.6 is 0 Å². The predicted octanol–water partition coefficient (Wildman–Crippen LogP) is 2.20. The Morgan fingerprint density at radius 2 is 2.00 bits per heavy atom. The Labute approximate surface area is 80.5 Å². The quantitative estimate of drug-likeness (QED) is 0.564. The molecule has 2 fully saturated rings. The molecule has 0 saturated heterocycles. The van der Waals surface area contributed by atoms with E-state index in [-0.39, 0.29) is 10.8 Å². The van der Waals surface area contributed by atoms with Crippen LogP contribution in [0.3, 0.4) is 0 Å². The molecule has 0 aromatic rings. The summed E-state index contributed by atoms with van der Waals surface area (Å²) in [6.07, 6.45) is 8.56. The van der Waals surface area contributed by atoms with E-state index in [2.05, 4.69) is 26.7 Å². The molecule has 0 amide bonds. The number of hydrogen-bond donors (Lipinski definition) is 1. The molecule has 0 aliphatic heterocycles. The van der Waals surface area contributed by atoms with Crippen molar-refractivity contribution in [1.82, 2.24) is 0 Å². The third-order valence-corrected chi connectivity index (χ3v) is 5.13. The van der Waals surface area contributed by atoms with Crippen molar-refractivity contribution in [2.24, 2.45) is 16.7 Å². The average molecular weight is 178 g/mol. The fourth-order valence-electron chi connectivity index (χ4n) is 3.49. The molecule has 2 saturated carbocycles. The largest absolute Gasteiger partial charge is 0.377 e. The highest BCUT2D eigenvalue weighted by molar-refractivity contribution is 5.27. The summed E-state index contributed by atoms with van der Waals surface area (Å²) in [7, 11) is 0. The maximum absolute atomic E-state index is 10.3. The third-order valence-electron chi connectivity index (χ3n) is 5.13. The molecule has 0 radical (unpaired) electrons. The maximum Gasteiger partial charge on any atom is 0.131 e. The summed E-state index contributed by atoms with van der Waals surface area (Å²) >= 11 is 0. The van der Waals surface area contributed by atoms with Gasteiger partial charge in [-0.25, -0.2) is 0 Å². The summed E-state index contributed by atoms with van der Waals surface area (Å²) in [5.41, 5.74) is -0.715. The van der Waals surface area contributed by atoms with Gasteiger partial charge in [-0.1, -0.05) is 26.7 Å². The molecule has 0 aromatic carbocycles. The summed E-state index contributed by atoms with van der Waals surface area (Å²) in [6, 6.07) is 0. The van der Waals surface area contributed by atoms with Crippen LogP contribution in [0, 0.1) is 29.1 Å². The van der Waals surface area contributed by atoms with Crippen molar-refractivity contribution < 1.29 is 5.11 Å². The van der Waals surface area contributed by atoms with Gasteiger partial charge in [0.05, 0.1) is 0 Å². The molecule has 1 N–H and O–H groups in total. The zero-order valence-electron chi connectivity index (χ0n) is 8.72. The lowest BCUT2D eigenvalue weighted by Crippen LogP contribution is -2.45. The number of terminal acetylenes is 1. The van der Waals surface area contributed by atoms with Crippen molar-refractivity contribution in [3.63, 3.8) is 0 Å². The first-order valence-electron chi connectivity index (χ1n) is 5.07. The van der Waals surface area contributed by atoms with Gasteiger partial charge in [0.15, 0.2) is 0 Å². The molecule has 0 heterocycles. The van der Waals surface area contributed by atoms with E-state index in [4.69, 9.17) is 6.42 Å². The van der Waals surface area contributed by atoms with E-state index in [0.29, 0.717) is 5.92 Å². The number of fused-ring (bicyclic) bond motifs is 2. The van der Waals surface area contributed by atoms with Crippen molar-refractivity contribution in [2.45, 2.75) is 45.6 Å². The zero-order chi connectivity index (χ0) is 9.91. The van der Waals surface area contributed by atoms with Crippen LogP contribution < -0.4 is 0 Å². The summed E-state index contributed by atoms with van der Waals surface area (Å²) in [4.78, 5) is 0. The van der Waals surface area contributed by atoms with Crippen molar-refractivity contribution in [1.29, 1.82) is 0 Å². The second kappa shape index (κ2) is 2.12. The molecule has 2 aliphatic rings. The van der Waals surface area contributed by atoms with E-state index in [0.717, 1.165) is 12.8 Å². The van der Waals surface area contributed by atoms with Gasteiger partial charge in [0.2, 0.25) is 0 Å². The van der Waals surface area contributed by atoms with Crippen LogP contribution in [0.5, 0.6) is 0 Å². The van der Waals surface area contributed by atoms with Crippen molar-refractivity contribution in [3.05, 3.63) is 0 Å². The Morgan fingerprint density at radius 3 is 2.23 bits per heavy atom. The molecule has 0 aromatic heterocycles. The van der Waals surface area contributed by atoms with Crippen LogP contribution in [0.1, 0.15) is 40.0 Å². The van der Waals surface area contributed by atoms with Gasteiger partial charge in [-0.2, -0.15) is 0 Å². The molecule has 3 atom stereocenters. The normalized spacial score (nSPS) is 52.1. The lowest BCUT2D eigenvalue weighted by molar-refractivity contribution is -0.0431. The molecule has 2 aliphatic carbocycles. The second-order valence-corrected chi connectivity index (χ2v) is 5.50.